The number of hydrogen-bond donors (Lipinski definition) is 0. The van der Waals surface area contributed by atoms with Gasteiger partial charge in [0, 0.05) is 10.6 Å². The van der Waals surface area contributed by atoms with Crippen molar-refractivity contribution in [3.8, 4) is 11.5 Å². The fourth-order valence-corrected chi connectivity index (χ4v) is 2.82. The third-order valence-corrected chi connectivity index (χ3v) is 4.25. The molecule has 130 valence electrons. The smallest absolute Gasteiger partial charge is 0.313 e. The Kier molecular flexibility index (Phi) is 5.24. The van der Waals surface area contributed by atoms with Crippen LogP contribution in [0.25, 0.3) is 0 Å². The molecule has 2 aromatic rings. The first-order valence-corrected chi connectivity index (χ1v) is 8.19. The van der Waals surface area contributed by atoms with Crippen LogP contribution in [0.15, 0.2) is 42.5 Å². The quantitative estimate of drug-likeness (QED) is 0.604. The van der Waals surface area contributed by atoms with E-state index in [1.807, 2.05) is 0 Å². The van der Waals surface area contributed by atoms with Crippen molar-refractivity contribution in [2.24, 2.45) is 5.92 Å². The monoisotopic (exact) mass is 360 g/mol. The maximum absolute atomic E-state index is 12.2. The van der Waals surface area contributed by atoms with Crippen LogP contribution in [0.2, 0.25) is 5.02 Å². The highest BCUT2D eigenvalue weighted by Crippen LogP contribution is 2.30. The van der Waals surface area contributed by atoms with E-state index < -0.39 is 11.9 Å². The molecule has 1 aliphatic rings. The van der Waals surface area contributed by atoms with E-state index in [-0.39, 0.29) is 19.0 Å². The van der Waals surface area contributed by atoms with E-state index >= 15 is 0 Å². The molecular formula is C19H17ClO5. The second-order valence-electron chi connectivity index (χ2n) is 5.72. The molecule has 0 fully saturated rings. The summed E-state index contributed by atoms with van der Waals surface area (Å²) in [6.45, 7) is -0.0751. The number of carbonyl (C=O) groups is 2. The van der Waals surface area contributed by atoms with Crippen LogP contribution in [0.3, 0.4) is 0 Å². The lowest BCUT2D eigenvalue weighted by Crippen LogP contribution is -2.31. The Morgan fingerprint density at radius 3 is 2.68 bits per heavy atom. The van der Waals surface area contributed by atoms with Gasteiger partial charge in [0.05, 0.1) is 13.0 Å². The van der Waals surface area contributed by atoms with Gasteiger partial charge in [0.1, 0.15) is 18.1 Å². The summed E-state index contributed by atoms with van der Waals surface area (Å²) in [6.07, 6.45) is 0.478. The van der Waals surface area contributed by atoms with Crippen LogP contribution in [0.4, 0.5) is 0 Å². The standard InChI is InChI=1S/C19H17ClO5/c1-23-16-5-2-12(3-6-16)17(21)11-25-19(22)14-8-13-9-15(20)4-7-18(13)24-10-14/h2-7,9,14H,8,10-11H2,1H3/t14-/m1/s1. The molecule has 2 aromatic carbocycles. The fourth-order valence-electron chi connectivity index (χ4n) is 2.63. The van der Waals surface area contributed by atoms with Gasteiger partial charge in [-0.2, -0.15) is 0 Å². The van der Waals surface area contributed by atoms with Gasteiger partial charge in [-0.05, 0) is 54.4 Å². The van der Waals surface area contributed by atoms with E-state index in [9.17, 15) is 9.59 Å². The summed E-state index contributed by atoms with van der Waals surface area (Å²) in [5, 5.41) is 0.589. The van der Waals surface area contributed by atoms with E-state index in [0.717, 1.165) is 11.3 Å². The molecule has 3 rings (SSSR count). The highest BCUT2D eigenvalue weighted by Gasteiger charge is 2.28. The number of ketones is 1. The molecule has 0 aliphatic carbocycles. The van der Waals surface area contributed by atoms with Gasteiger partial charge in [-0.3, -0.25) is 9.59 Å². The number of hydrogen-bond acceptors (Lipinski definition) is 5. The Morgan fingerprint density at radius 1 is 1.20 bits per heavy atom. The second kappa shape index (κ2) is 7.57. The zero-order chi connectivity index (χ0) is 17.8. The highest BCUT2D eigenvalue weighted by molar-refractivity contribution is 6.30. The van der Waals surface area contributed by atoms with Crippen LogP contribution in [-0.2, 0) is 16.0 Å². The van der Waals surface area contributed by atoms with E-state index in [4.69, 9.17) is 25.8 Å². The lowest BCUT2D eigenvalue weighted by Gasteiger charge is -2.24. The molecule has 0 radical (unpaired) electrons. The van der Waals surface area contributed by atoms with Crippen LogP contribution < -0.4 is 9.47 Å². The lowest BCUT2D eigenvalue weighted by atomic mass is 9.97. The third-order valence-electron chi connectivity index (χ3n) is 4.02. The van der Waals surface area contributed by atoms with Gasteiger partial charge in [0.15, 0.2) is 12.4 Å². The van der Waals surface area contributed by atoms with Crippen molar-refractivity contribution in [1.29, 1.82) is 0 Å². The number of ether oxygens (including phenoxy) is 3. The molecule has 0 N–H and O–H groups in total. The van der Waals surface area contributed by atoms with Gasteiger partial charge in [-0.1, -0.05) is 11.6 Å². The van der Waals surface area contributed by atoms with Crippen LogP contribution in [-0.4, -0.2) is 32.1 Å². The van der Waals surface area contributed by atoms with Crippen LogP contribution in [0, 0.1) is 5.92 Å². The molecule has 0 amide bonds. The zero-order valence-corrected chi connectivity index (χ0v) is 14.4. The number of fused-ring (bicyclic) bond motifs is 1. The summed E-state index contributed by atoms with van der Waals surface area (Å²) in [6, 6.07) is 11.9. The predicted molar refractivity (Wildman–Crippen MR) is 92.4 cm³/mol. The molecule has 1 atom stereocenters. The summed E-state index contributed by atoms with van der Waals surface area (Å²) in [5.74, 6) is 0.214. The predicted octanol–water partition coefficient (Wildman–Crippen LogP) is 3.33. The normalized spacial score (nSPS) is 15.7. The van der Waals surface area contributed by atoms with Crippen molar-refractivity contribution in [2.45, 2.75) is 6.42 Å². The summed E-state index contributed by atoms with van der Waals surface area (Å²) < 4.78 is 15.8. The molecule has 25 heavy (non-hydrogen) atoms. The third kappa shape index (κ3) is 4.12. The Hall–Kier alpha value is -2.53. The van der Waals surface area contributed by atoms with E-state index in [1.54, 1.807) is 49.6 Å². The summed E-state index contributed by atoms with van der Waals surface area (Å²) in [7, 11) is 1.55. The van der Waals surface area contributed by atoms with E-state index in [2.05, 4.69) is 0 Å². The lowest BCUT2D eigenvalue weighted by molar-refractivity contribution is -0.148. The first kappa shape index (κ1) is 17.3. The molecule has 0 aromatic heterocycles. The van der Waals surface area contributed by atoms with Gasteiger partial charge >= 0.3 is 5.97 Å². The van der Waals surface area contributed by atoms with Crippen LogP contribution in [0.5, 0.6) is 11.5 Å². The van der Waals surface area contributed by atoms with Crippen molar-refractivity contribution in [3.05, 3.63) is 58.6 Å². The molecule has 0 bridgehead atoms. The molecule has 1 aliphatic heterocycles. The SMILES string of the molecule is COc1ccc(C(=O)COC(=O)[C@H]2COc3ccc(Cl)cc3C2)cc1. The number of carbonyl (C=O) groups excluding carboxylic acids is 2. The minimum atomic E-state index is -0.451. The van der Waals surface area contributed by atoms with E-state index in [1.165, 1.54) is 0 Å². The average Bonchev–Trinajstić information content (AvgIpc) is 2.65. The van der Waals surface area contributed by atoms with Crippen LogP contribution in [0.1, 0.15) is 15.9 Å². The number of methoxy groups -OCH3 is 1. The Morgan fingerprint density at radius 2 is 1.96 bits per heavy atom. The van der Waals surface area contributed by atoms with Crippen molar-refractivity contribution >= 4 is 23.4 Å². The average molecular weight is 361 g/mol. The summed E-state index contributed by atoms with van der Waals surface area (Å²) >= 11 is 5.97. The number of rotatable bonds is 5. The molecule has 6 heteroatoms. The number of esters is 1. The van der Waals surface area contributed by atoms with Crippen molar-refractivity contribution in [3.63, 3.8) is 0 Å². The van der Waals surface area contributed by atoms with Crippen molar-refractivity contribution in [1.82, 2.24) is 0 Å². The zero-order valence-electron chi connectivity index (χ0n) is 13.7. The van der Waals surface area contributed by atoms with Gasteiger partial charge in [-0.15, -0.1) is 0 Å². The largest absolute Gasteiger partial charge is 0.497 e. The maximum Gasteiger partial charge on any atom is 0.313 e. The second-order valence-corrected chi connectivity index (χ2v) is 6.16. The first-order chi connectivity index (χ1) is 12.1. The molecule has 0 saturated heterocycles. The first-order valence-electron chi connectivity index (χ1n) is 7.82. The maximum atomic E-state index is 12.2. The van der Waals surface area contributed by atoms with Gasteiger partial charge in [0.2, 0.25) is 0 Å². The number of halogens is 1. The number of Topliss-reactive ketones (excluding diaryl/α,β-unsaturated/α-hetero) is 1. The topological polar surface area (TPSA) is 61.8 Å². The summed E-state index contributed by atoms with van der Waals surface area (Å²) in [5.41, 5.74) is 1.33. The molecule has 0 saturated carbocycles. The Bertz CT molecular complexity index is 785. The fraction of sp³-hybridized carbons (Fsp3) is 0.263. The van der Waals surface area contributed by atoms with Crippen molar-refractivity contribution in [2.75, 3.05) is 20.3 Å². The minimum Gasteiger partial charge on any atom is -0.497 e. The molecule has 0 unspecified atom stereocenters. The van der Waals surface area contributed by atoms with Gasteiger partial charge in [-0.25, -0.2) is 0 Å². The van der Waals surface area contributed by atoms with Gasteiger partial charge < -0.3 is 14.2 Å². The van der Waals surface area contributed by atoms with Crippen molar-refractivity contribution < 1.29 is 23.8 Å². The van der Waals surface area contributed by atoms with E-state index in [0.29, 0.717) is 22.8 Å². The molecular weight excluding hydrogens is 344 g/mol. The molecule has 0 spiro atoms. The van der Waals surface area contributed by atoms with Gasteiger partial charge in [0.25, 0.3) is 0 Å². The molecule has 1 heterocycles. The van der Waals surface area contributed by atoms with Crippen LogP contribution >= 0.6 is 11.6 Å². The number of benzene rings is 2. The summed E-state index contributed by atoms with van der Waals surface area (Å²) in [4.78, 5) is 24.3. The highest BCUT2D eigenvalue weighted by atomic mass is 35.5. The Balaban J connectivity index is 1.56. The Labute approximate surface area is 150 Å². The molecule has 5 nitrogen and oxygen atoms in total. The minimum absolute atomic E-state index is 0.226.